The molecule has 3 heteroatoms. The Labute approximate surface area is 82.3 Å². The van der Waals surface area contributed by atoms with Gasteiger partial charge in [0.1, 0.15) is 5.69 Å². The fraction of sp³-hybridized carbons (Fsp3) is 0.0909. The van der Waals surface area contributed by atoms with Gasteiger partial charge in [0.2, 0.25) is 0 Å². The highest BCUT2D eigenvalue weighted by atomic mass is 15.1. The van der Waals surface area contributed by atoms with Crippen molar-refractivity contribution in [1.29, 1.82) is 0 Å². The molecule has 0 heterocycles. The SMILES string of the molecule is CN=Nc1c(N)ccc2ccccc12. The summed E-state index contributed by atoms with van der Waals surface area (Å²) in [5.41, 5.74) is 7.24. The molecule has 0 fully saturated rings. The number of anilines is 1. The van der Waals surface area contributed by atoms with Gasteiger partial charge in [-0.15, -0.1) is 0 Å². The Bertz CT molecular complexity index is 489. The average Bonchev–Trinajstić information content (AvgIpc) is 2.23. The Balaban J connectivity index is 2.82. The van der Waals surface area contributed by atoms with Crippen molar-refractivity contribution in [1.82, 2.24) is 0 Å². The second-order valence-corrected chi connectivity index (χ2v) is 3.02. The summed E-state index contributed by atoms with van der Waals surface area (Å²) in [6.45, 7) is 0. The summed E-state index contributed by atoms with van der Waals surface area (Å²) in [4.78, 5) is 0. The van der Waals surface area contributed by atoms with Crippen molar-refractivity contribution in [3.8, 4) is 0 Å². The van der Waals surface area contributed by atoms with Crippen LogP contribution in [0.25, 0.3) is 10.8 Å². The third kappa shape index (κ3) is 1.33. The number of nitrogen functional groups attached to an aromatic ring is 1. The molecule has 0 unspecified atom stereocenters. The van der Waals surface area contributed by atoms with Crippen LogP contribution in [0.2, 0.25) is 0 Å². The summed E-state index contributed by atoms with van der Waals surface area (Å²) in [6.07, 6.45) is 0. The van der Waals surface area contributed by atoms with E-state index in [1.54, 1.807) is 7.05 Å². The van der Waals surface area contributed by atoms with Gasteiger partial charge in [-0.1, -0.05) is 30.3 Å². The molecular formula is C11H11N3. The largest absolute Gasteiger partial charge is 0.397 e. The van der Waals surface area contributed by atoms with Crippen molar-refractivity contribution in [2.75, 3.05) is 12.8 Å². The molecule has 2 rings (SSSR count). The lowest BCUT2D eigenvalue weighted by Gasteiger charge is -2.03. The monoisotopic (exact) mass is 185 g/mol. The van der Waals surface area contributed by atoms with Crippen molar-refractivity contribution in [2.24, 2.45) is 10.2 Å². The van der Waals surface area contributed by atoms with E-state index in [-0.39, 0.29) is 0 Å². The van der Waals surface area contributed by atoms with Crippen molar-refractivity contribution in [3.05, 3.63) is 36.4 Å². The van der Waals surface area contributed by atoms with E-state index in [2.05, 4.69) is 10.2 Å². The Hall–Kier alpha value is -1.90. The van der Waals surface area contributed by atoms with Gasteiger partial charge in [-0.3, -0.25) is 0 Å². The Morgan fingerprint density at radius 1 is 1.07 bits per heavy atom. The highest BCUT2D eigenvalue weighted by molar-refractivity contribution is 5.97. The van der Waals surface area contributed by atoms with E-state index in [0.717, 1.165) is 16.5 Å². The molecule has 0 aliphatic carbocycles. The second-order valence-electron chi connectivity index (χ2n) is 3.02. The van der Waals surface area contributed by atoms with Crippen LogP contribution in [0.5, 0.6) is 0 Å². The first kappa shape index (κ1) is 8.69. The topological polar surface area (TPSA) is 50.7 Å². The number of fused-ring (bicyclic) bond motifs is 1. The number of nitrogens with two attached hydrogens (primary N) is 1. The lowest BCUT2D eigenvalue weighted by molar-refractivity contribution is 1.18. The fourth-order valence-corrected chi connectivity index (χ4v) is 1.48. The van der Waals surface area contributed by atoms with E-state index in [1.165, 1.54) is 0 Å². The molecule has 2 N–H and O–H groups in total. The molecule has 0 atom stereocenters. The average molecular weight is 185 g/mol. The summed E-state index contributed by atoms with van der Waals surface area (Å²) in [5.74, 6) is 0. The van der Waals surface area contributed by atoms with Gasteiger partial charge in [-0.2, -0.15) is 10.2 Å². The van der Waals surface area contributed by atoms with Gasteiger partial charge in [-0.05, 0) is 11.5 Å². The number of hydrogen-bond acceptors (Lipinski definition) is 3. The minimum atomic E-state index is 0.661. The van der Waals surface area contributed by atoms with Crippen LogP contribution in [-0.2, 0) is 0 Å². The zero-order chi connectivity index (χ0) is 9.97. The van der Waals surface area contributed by atoms with Gasteiger partial charge in [0.05, 0.1) is 5.69 Å². The number of rotatable bonds is 1. The van der Waals surface area contributed by atoms with Crippen LogP contribution in [0, 0.1) is 0 Å². The first-order valence-electron chi connectivity index (χ1n) is 4.40. The summed E-state index contributed by atoms with van der Waals surface area (Å²) >= 11 is 0. The van der Waals surface area contributed by atoms with Gasteiger partial charge in [0, 0.05) is 12.4 Å². The standard InChI is InChI=1S/C11H11N3/c1-13-14-11-9-5-3-2-4-8(9)6-7-10(11)12/h2-7H,12H2,1H3. The molecule has 3 nitrogen and oxygen atoms in total. The smallest absolute Gasteiger partial charge is 0.116 e. The van der Waals surface area contributed by atoms with Crippen LogP contribution in [0.4, 0.5) is 11.4 Å². The highest BCUT2D eigenvalue weighted by Crippen LogP contribution is 2.31. The zero-order valence-electron chi connectivity index (χ0n) is 7.94. The first-order chi connectivity index (χ1) is 6.83. The van der Waals surface area contributed by atoms with Crippen LogP contribution in [0.15, 0.2) is 46.6 Å². The quantitative estimate of drug-likeness (QED) is 0.538. The normalized spacial score (nSPS) is 11.2. The van der Waals surface area contributed by atoms with Gasteiger partial charge < -0.3 is 5.73 Å². The maximum atomic E-state index is 5.82. The van der Waals surface area contributed by atoms with E-state index in [0.29, 0.717) is 5.69 Å². The molecule has 14 heavy (non-hydrogen) atoms. The first-order valence-corrected chi connectivity index (χ1v) is 4.40. The maximum absolute atomic E-state index is 5.82. The van der Waals surface area contributed by atoms with Crippen LogP contribution < -0.4 is 5.73 Å². The predicted molar refractivity (Wildman–Crippen MR) is 58.8 cm³/mol. The third-order valence-corrected chi connectivity index (χ3v) is 2.13. The molecule has 0 bridgehead atoms. The molecule has 0 radical (unpaired) electrons. The lowest BCUT2D eigenvalue weighted by atomic mass is 10.1. The van der Waals surface area contributed by atoms with E-state index in [9.17, 15) is 0 Å². The molecule has 0 spiro atoms. The summed E-state index contributed by atoms with van der Waals surface area (Å²) in [6, 6.07) is 11.8. The van der Waals surface area contributed by atoms with E-state index >= 15 is 0 Å². The van der Waals surface area contributed by atoms with E-state index in [1.807, 2.05) is 36.4 Å². The second kappa shape index (κ2) is 3.46. The molecule has 70 valence electrons. The molecule has 0 aliphatic rings. The van der Waals surface area contributed by atoms with Gasteiger partial charge in [-0.25, -0.2) is 0 Å². The predicted octanol–water partition coefficient (Wildman–Crippen LogP) is 3.14. The van der Waals surface area contributed by atoms with Crippen molar-refractivity contribution >= 4 is 22.1 Å². The number of nitrogens with zero attached hydrogens (tertiary/aromatic N) is 2. The van der Waals surface area contributed by atoms with Gasteiger partial charge >= 0.3 is 0 Å². The van der Waals surface area contributed by atoms with Gasteiger partial charge in [0.25, 0.3) is 0 Å². The van der Waals surface area contributed by atoms with Crippen LogP contribution in [0.1, 0.15) is 0 Å². The molecule has 2 aromatic carbocycles. The van der Waals surface area contributed by atoms with Crippen molar-refractivity contribution < 1.29 is 0 Å². The van der Waals surface area contributed by atoms with Gasteiger partial charge in [0.15, 0.2) is 0 Å². The molecule has 0 saturated heterocycles. The Kier molecular flexibility index (Phi) is 2.14. The van der Waals surface area contributed by atoms with E-state index < -0.39 is 0 Å². The van der Waals surface area contributed by atoms with Crippen molar-refractivity contribution in [3.63, 3.8) is 0 Å². The minimum Gasteiger partial charge on any atom is -0.397 e. The molecular weight excluding hydrogens is 174 g/mol. The number of hydrogen-bond donors (Lipinski definition) is 1. The van der Waals surface area contributed by atoms with Crippen LogP contribution >= 0.6 is 0 Å². The Morgan fingerprint density at radius 2 is 1.86 bits per heavy atom. The summed E-state index contributed by atoms with van der Waals surface area (Å²) in [5, 5.41) is 9.96. The number of azo groups is 1. The lowest BCUT2D eigenvalue weighted by Crippen LogP contribution is -1.85. The van der Waals surface area contributed by atoms with Crippen LogP contribution in [0.3, 0.4) is 0 Å². The molecule has 0 aliphatic heterocycles. The fourth-order valence-electron chi connectivity index (χ4n) is 1.48. The molecule has 0 aromatic heterocycles. The van der Waals surface area contributed by atoms with Crippen molar-refractivity contribution in [2.45, 2.75) is 0 Å². The molecule has 0 saturated carbocycles. The highest BCUT2D eigenvalue weighted by Gasteiger charge is 2.02. The molecule has 0 amide bonds. The minimum absolute atomic E-state index is 0.661. The Morgan fingerprint density at radius 3 is 2.64 bits per heavy atom. The zero-order valence-corrected chi connectivity index (χ0v) is 7.94. The summed E-state index contributed by atoms with van der Waals surface area (Å²) in [7, 11) is 1.64. The molecule has 2 aromatic rings. The van der Waals surface area contributed by atoms with E-state index in [4.69, 9.17) is 5.73 Å². The number of benzene rings is 2. The summed E-state index contributed by atoms with van der Waals surface area (Å²) < 4.78 is 0. The van der Waals surface area contributed by atoms with Crippen LogP contribution in [-0.4, -0.2) is 7.05 Å². The maximum Gasteiger partial charge on any atom is 0.116 e. The third-order valence-electron chi connectivity index (χ3n) is 2.13.